The van der Waals surface area contributed by atoms with E-state index in [4.69, 9.17) is 4.74 Å². The van der Waals surface area contributed by atoms with E-state index in [0.29, 0.717) is 10.7 Å². The number of benzene rings is 1. The average molecular weight is 287 g/mol. The Hall–Kier alpha value is -2.08. The molecule has 2 aromatic heterocycles. The first-order valence-corrected chi connectivity index (χ1v) is 7.28. The molecule has 0 aliphatic carbocycles. The third-order valence-corrected chi connectivity index (χ3v) is 3.82. The van der Waals surface area contributed by atoms with Crippen molar-refractivity contribution in [3.63, 3.8) is 0 Å². The summed E-state index contributed by atoms with van der Waals surface area (Å²) in [5.74, 6) is -0.341. The number of hydrogen-bond donors (Lipinski definition) is 1. The van der Waals surface area contributed by atoms with Crippen LogP contribution in [-0.4, -0.2) is 34.3 Å². The third kappa shape index (κ3) is 1.84. The van der Waals surface area contributed by atoms with E-state index in [1.54, 1.807) is 6.20 Å². The molecule has 0 unspecified atom stereocenters. The first-order valence-electron chi connectivity index (χ1n) is 6.06. The molecule has 0 aliphatic heterocycles. The van der Waals surface area contributed by atoms with Crippen LogP contribution in [0.2, 0.25) is 0 Å². The molecule has 20 heavy (non-hydrogen) atoms. The lowest BCUT2D eigenvalue weighted by atomic mass is 10.1. The molecule has 0 aliphatic rings. The predicted octanol–water partition coefficient (Wildman–Crippen LogP) is 2.93. The Labute approximate surface area is 119 Å². The lowest BCUT2D eigenvalue weighted by Gasteiger charge is -2.02. The highest BCUT2D eigenvalue weighted by Crippen LogP contribution is 2.29. The Balaban J connectivity index is 2.40. The normalized spacial score (nSPS) is 11.2. The molecule has 2 heterocycles. The molecule has 1 N–H and O–H groups in total. The number of aryl methyl sites for hydroxylation is 1. The number of ether oxygens (including phenoxy) is 1. The summed E-state index contributed by atoms with van der Waals surface area (Å²) >= 11 is 1.49. The highest BCUT2D eigenvalue weighted by atomic mass is 32.2. The Morgan fingerprint density at radius 1 is 1.40 bits per heavy atom. The summed E-state index contributed by atoms with van der Waals surface area (Å²) in [5, 5.41) is 2.47. The molecule has 6 heteroatoms. The van der Waals surface area contributed by atoms with E-state index in [9.17, 15) is 4.79 Å². The lowest BCUT2D eigenvalue weighted by molar-refractivity contribution is 0.0602. The summed E-state index contributed by atoms with van der Waals surface area (Å²) < 4.78 is 4.84. The summed E-state index contributed by atoms with van der Waals surface area (Å²) in [7, 11) is 1.38. The fourth-order valence-corrected chi connectivity index (χ4v) is 2.67. The Morgan fingerprint density at radius 2 is 2.20 bits per heavy atom. The van der Waals surface area contributed by atoms with Gasteiger partial charge in [-0.25, -0.2) is 14.8 Å². The standard InChI is InChI=1S/C14H13N3O2S/c1-7-10(13(18)19-2)9-5-4-8-6-15-14(20-3)17-11(8)12(9)16-7/h4-6,16H,1-3H3. The first kappa shape index (κ1) is 12.9. The molecule has 0 amide bonds. The van der Waals surface area contributed by atoms with Crippen LogP contribution in [0.15, 0.2) is 23.5 Å². The Kier molecular flexibility index (Phi) is 3.10. The minimum absolute atomic E-state index is 0.341. The zero-order chi connectivity index (χ0) is 14.3. The van der Waals surface area contributed by atoms with Crippen molar-refractivity contribution in [1.29, 1.82) is 0 Å². The van der Waals surface area contributed by atoms with Crippen LogP contribution in [0.1, 0.15) is 16.1 Å². The number of rotatable bonds is 2. The van der Waals surface area contributed by atoms with Gasteiger partial charge in [-0.2, -0.15) is 0 Å². The lowest BCUT2D eigenvalue weighted by Crippen LogP contribution is -2.01. The van der Waals surface area contributed by atoms with Crippen LogP contribution in [0.4, 0.5) is 0 Å². The van der Waals surface area contributed by atoms with Gasteiger partial charge in [0.1, 0.15) is 0 Å². The molecule has 1 aromatic carbocycles. The second kappa shape index (κ2) is 4.79. The maximum atomic E-state index is 11.9. The van der Waals surface area contributed by atoms with Crippen molar-refractivity contribution < 1.29 is 9.53 Å². The summed E-state index contributed by atoms with van der Waals surface area (Å²) in [6.45, 7) is 1.86. The van der Waals surface area contributed by atoms with Gasteiger partial charge in [0.15, 0.2) is 5.16 Å². The number of carbonyl (C=O) groups is 1. The number of methoxy groups -OCH3 is 1. The van der Waals surface area contributed by atoms with E-state index in [2.05, 4.69) is 15.0 Å². The first-order chi connectivity index (χ1) is 9.65. The number of nitrogens with one attached hydrogen (secondary N) is 1. The van der Waals surface area contributed by atoms with Crippen LogP contribution in [0, 0.1) is 6.92 Å². The van der Waals surface area contributed by atoms with E-state index in [1.165, 1.54) is 18.9 Å². The van der Waals surface area contributed by atoms with Crippen LogP contribution in [0.3, 0.4) is 0 Å². The number of hydrogen-bond acceptors (Lipinski definition) is 5. The van der Waals surface area contributed by atoms with Crippen molar-refractivity contribution in [2.24, 2.45) is 0 Å². The van der Waals surface area contributed by atoms with Gasteiger partial charge in [-0.05, 0) is 13.2 Å². The zero-order valence-electron chi connectivity index (χ0n) is 11.4. The van der Waals surface area contributed by atoms with Crippen molar-refractivity contribution in [2.75, 3.05) is 13.4 Å². The number of esters is 1. The minimum Gasteiger partial charge on any atom is -0.465 e. The molecule has 5 nitrogen and oxygen atoms in total. The molecule has 3 rings (SSSR count). The zero-order valence-corrected chi connectivity index (χ0v) is 12.2. The highest BCUT2D eigenvalue weighted by molar-refractivity contribution is 7.98. The van der Waals surface area contributed by atoms with Gasteiger partial charge in [-0.15, -0.1) is 0 Å². The van der Waals surface area contributed by atoms with E-state index in [-0.39, 0.29) is 5.97 Å². The van der Waals surface area contributed by atoms with Crippen LogP contribution in [0.25, 0.3) is 21.8 Å². The molecule has 0 fully saturated rings. The maximum Gasteiger partial charge on any atom is 0.340 e. The van der Waals surface area contributed by atoms with E-state index in [1.807, 2.05) is 25.3 Å². The van der Waals surface area contributed by atoms with E-state index < -0.39 is 0 Å². The number of aromatic amines is 1. The van der Waals surface area contributed by atoms with Gasteiger partial charge in [0.05, 0.1) is 23.7 Å². The summed E-state index contributed by atoms with van der Waals surface area (Å²) in [6, 6.07) is 3.82. The second-order valence-corrected chi connectivity index (χ2v) is 5.17. The monoisotopic (exact) mass is 287 g/mol. The van der Waals surface area contributed by atoms with Crippen LogP contribution < -0.4 is 0 Å². The molecule has 3 aromatic rings. The molecule has 0 bridgehead atoms. The van der Waals surface area contributed by atoms with Crippen molar-refractivity contribution in [1.82, 2.24) is 15.0 Å². The van der Waals surface area contributed by atoms with Gasteiger partial charge >= 0.3 is 5.97 Å². The van der Waals surface area contributed by atoms with Crippen molar-refractivity contribution in [3.05, 3.63) is 29.6 Å². The van der Waals surface area contributed by atoms with Gasteiger partial charge in [-0.1, -0.05) is 23.9 Å². The second-order valence-electron chi connectivity index (χ2n) is 4.40. The minimum atomic E-state index is -0.341. The van der Waals surface area contributed by atoms with Crippen molar-refractivity contribution in [3.8, 4) is 0 Å². The van der Waals surface area contributed by atoms with Crippen molar-refractivity contribution >= 4 is 39.5 Å². The van der Waals surface area contributed by atoms with E-state index >= 15 is 0 Å². The molecular formula is C14H13N3O2S. The maximum absolute atomic E-state index is 11.9. The quantitative estimate of drug-likeness (QED) is 0.446. The Morgan fingerprint density at radius 3 is 2.90 bits per heavy atom. The van der Waals surface area contributed by atoms with Gasteiger partial charge < -0.3 is 9.72 Å². The van der Waals surface area contributed by atoms with E-state index in [0.717, 1.165) is 27.5 Å². The topological polar surface area (TPSA) is 67.9 Å². The fourth-order valence-electron chi connectivity index (χ4n) is 2.33. The van der Waals surface area contributed by atoms with Crippen LogP contribution in [0.5, 0.6) is 0 Å². The molecule has 0 radical (unpaired) electrons. The number of nitrogens with zero attached hydrogens (tertiary/aromatic N) is 2. The largest absolute Gasteiger partial charge is 0.465 e. The highest BCUT2D eigenvalue weighted by Gasteiger charge is 2.18. The number of carbonyl (C=O) groups excluding carboxylic acids is 1. The van der Waals surface area contributed by atoms with Crippen LogP contribution >= 0.6 is 11.8 Å². The summed E-state index contributed by atoms with van der Waals surface area (Å²) in [4.78, 5) is 23.9. The van der Waals surface area contributed by atoms with Gasteiger partial charge in [0.2, 0.25) is 0 Å². The summed E-state index contributed by atoms with van der Waals surface area (Å²) in [5.41, 5.74) is 3.01. The number of aromatic nitrogens is 3. The van der Waals surface area contributed by atoms with Crippen LogP contribution in [-0.2, 0) is 4.74 Å². The molecule has 0 atom stereocenters. The molecular weight excluding hydrogens is 274 g/mol. The number of H-pyrrole nitrogens is 1. The van der Waals surface area contributed by atoms with Gasteiger partial charge in [0, 0.05) is 22.7 Å². The molecule has 0 saturated carbocycles. The number of fused-ring (bicyclic) bond motifs is 3. The molecule has 0 saturated heterocycles. The summed E-state index contributed by atoms with van der Waals surface area (Å²) in [6.07, 6.45) is 3.72. The molecule has 0 spiro atoms. The van der Waals surface area contributed by atoms with Crippen molar-refractivity contribution in [2.45, 2.75) is 12.1 Å². The fraction of sp³-hybridized carbons (Fsp3) is 0.214. The number of thioether (sulfide) groups is 1. The van der Waals surface area contributed by atoms with Gasteiger partial charge in [0.25, 0.3) is 0 Å². The average Bonchev–Trinajstić information content (AvgIpc) is 2.82. The third-order valence-electron chi connectivity index (χ3n) is 3.26. The smallest absolute Gasteiger partial charge is 0.340 e. The SMILES string of the molecule is COC(=O)c1c(C)[nH]c2c1ccc1cnc(SC)nc12. The predicted molar refractivity (Wildman–Crippen MR) is 79.3 cm³/mol. The Bertz CT molecular complexity index is 826. The van der Waals surface area contributed by atoms with Gasteiger partial charge in [-0.3, -0.25) is 0 Å². The molecule has 102 valence electrons.